The Morgan fingerprint density at radius 2 is 1.76 bits per heavy atom. The largest absolute Gasteiger partial charge is 0.358 e. The number of aromatic nitrogens is 2. The molecule has 214 valence electrons. The summed E-state index contributed by atoms with van der Waals surface area (Å²) in [5, 5.41) is 8.73. The van der Waals surface area contributed by atoms with Gasteiger partial charge >= 0.3 is 6.03 Å². The Hall–Kier alpha value is -4.47. The number of aromatic amines is 1. The summed E-state index contributed by atoms with van der Waals surface area (Å²) in [7, 11) is 0. The SMILES string of the molecule is Cc1cc2c(cn1)CN(C(=O)NCCCCCCNC(=O)c1c(C)[nH]c(C=C3C(=O)Nc4ccc(F)cc43)c1C)C2. The average molecular weight is 559 g/mol. The molecule has 4 N–H and O–H groups in total. The maximum absolute atomic E-state index is 13.8. The molecule has 3 aromatic rings. The zero-order valence-corrected chi connectivity index (χ0v) is 23.6. The Labute approximate surface area is 238 Å². The number of halogens is 1. The molecule has 1 aromatic carbocycles. The molecule has 0 saturated carbocycles. The number of rotatable bonds is 9. The molecule has 4 heterocycles. The summed E-state index contributed by atoms with van der Waals surface area (Å²) in [6.45, 7) is 7.97. The van der Waals surface area contributed by atoms with Crippen molar-refractivity contribution in [3.8, 4) is 0 Å². The van der Waals surface area contributed by atoms with E-state index in [9.17, 15) is 18.8 Å². The molecule has 41 heavy (non-hydrogen) atoms. The van der Waals surface area contributed by atoms with Crippen LogP contribution in [-0.4, -0.2) is 45.8 Å². The number of unbranched alkanes of at least 4 members (excludes halogenated alkanes) is 3. The number of hydrogen-bond acceptors (Lipinski definition) is 4. The van der Waals surface area contributed by atoms with E-state index in [1.54, 1.807) is 11.0 Å². The zero-order valence-electron chi connectivity index (χ0n) is 23.6. The number of urea groups is 1. The van der Waals surface area contributed by atoms with Gasteiger partial charge < -0.3 is 25.8 Å². The maximum atomic E-state index is 13.8. The minimum atomic E-state index is -0.420. The summed E-state index contributed by atoms with van der Waals surface area (Å²) in [6.07, 6.45) is 7.10. The fourth-order valence-corrected chi connectivity index (χ4v) is 5.45. The van der Waals surface area contributed by atoms with Crippen LogP contribution in [0.2, 0.25) is 0 Å². The van der Waals surface area contributed by atoms with Gasteiger partial charge in [0.25, 0.3) is 11.8 Å². The van der Waals surface area contributed by atoms with Crippen LogP contribution in [0, 0.1) is 26.6 Å². The number of H-pyrrole nitrogens is 1. The lowest BCUT2D eigenvalue weighted by Gasteiger charge is -2.16. The number of nitrogens with zero attached hydrogens (tertiary/aromatic N) is 2. The van der Waals surface area contributed by atoms with Crippen LogP contribution in [0.3, 0.4) is 0 Å². The van der Waals surface area contributed by atoms with E-state index in [0.717, 1.165) is 48.1 Å². The van der Waals surface area contributed by atoms with Crippen molar-refractivity contribution in [1.29, 1.82) is 0 Å². The highest BCUT2D eigenvalue weighted by atomic mass is 19.1. The van der Waals surface area contributed by atoms with E-state index in [0.29, 0.717) is 60.0 Å². The second kappa shape index (κ2) is 12.0. The second-order valence-corrected chi connectivity index (χ2v) is 10.7. The van der Waals surface area contributed by atoms with Crippen LogP contribution in [0.15, 0.2) is 30.5 Å². The molecule has 0 aliphatic carbocycles. The minimum Gasteiger partial charge on any atom is -0.358 e. The molecule has 9 nitrogen and oxygen atoms in total. The third-order valence-electron chi connectivity index (χ3n) is 7.65. The standard InChI is InChI=1S/C31H35FN6O3/c1-18-12-21-16-38(17-22(21)15-35-18)31(41)34-11-7-5-4-6-10-33-30(40)28-19(2)27(36-20(28)3)14-25-24-13-23(32)8-9-26(24)37-29(25)39/h8-9,12-15,36H,4-7,10-11,16-17H2,1-3H3,(H,33,40)(H,34,41)(H,37,39). The summed E-state index contributed by atoms with van der Waals surface area (Å²) in [5.41, 5.74) is 7.27. The molecule has 10 heteroatoms. The number of carbonyl (C=O) groups is 3. The molecule has 0 unspecified atom stereocenters. The molecule has 0 saturated heterocycles. The van der Waals surface area contributed by atoms with Gasteiger partial charge in [-0.25, -0.2) is 9.18 Å². The smallest absolute Gasteiger partial charge is 0.318 e. The van der Waals surface area contributed by atoms with E-state index in [1.807, 2.05) is 33.0 Å². The molecule has 0 atom stereocenters. The molecule has 4 amide bonds. The highest BCUT2D eigenvalue weighted by Crippen LogP contribution is 2.34. The van der Waals surface area contributed by atoms with Gasteiger partial charge in [0.05, 0.1) is 11.1 Å². The highest BCUT2D eigenvalue weighted by molar-refractivity contribution is 6.34. The quantitative estimate of drug-likeness (QED) is 0.219. The van der Waals surface area contributed by atoms with Crippen LogP contribution in [0.4, 0.5) is 14.9 Å². The van der Waals surface area contributed by atoms with Crippen molar-refractivity contribution in [2.24, 2.45) is 0 Å². The van der Waals surface area contributed by atoms with Crippen LogP contribution in [0.5, 0.6) is 0 Å². The molecule has 0 radical (unpaired) electrons. The number of benzene rings is 1. The third-order valence-corrected chi connectivity index (χ3v) is 7.65. The Morgan fingerprint density at radius 3 is 2.54 bits per heavy atom. The van der Waals surface area contributed by atoms with E-state index >= 15 is 0 Å². The van der Waals surface area contributed by atoms with E-state index in [2.05, 4.69) is 25.9 Å². The van der Waals surface area contributed by atoms with Gasteiger partial charge in [-0.3, -0.25) is 14.6 Å². The lowest BCUT2D eigenvalue weighted by molar-refractivity contribution is -0.110. The molecule has 2 aliphatic rings. The lowest BCUT2D eigenvalue weighted by atomic mass is 10.0. The normalized spacial score (nSPS) is 14.7. The third kappa shape index (κ3) is 6.16. The van der Waals surface area contributed by atoms with E-state index in [4.69, 9.17) is 0 Å². The van der Waals surface area contributed by atoms with Gasteiger partial charge in [-0.1, -0.05) is 12.8 Å². The molecule has 5 rings (SSSR count). The Bertz CT molecular complexity index is 1540. The van der Waals surface area contributed by atoms with Crippen molar-refractivity contribution in [1.82, 2.24) is 25.5 Å². The first kappa shape index (κ1) is 28.1. The van der Waals surface area contributed by atoms with Gasteiger partial charge in [0.2, 0.25) is 0 Å². The van der Waals surface area contributed by atoms with Crippen LogP contribution in [0.1, 0.15) is 75.4 Å². The van der Waals surface area contributed by atoms with Gasteiger partial charge in [-0.2, -0.15) is 0 Å². The van der Waals surface area contributed by atoms with Gasteiger partial charge in [-0.05, 0) is 80.6 Å². The van der Waals surface area contributed by atoms with Crippen LogP contribution < -0.4 is 16.0 Å². The first-order valence-electron chi connectivity index (χ1n) is 14.0. The molecular weight excluding hydrogens is 523 g/mol. The summed E-state index contributed by atoms with van der Waals surface area (Å²) < 4.78 is 13.8. The number of nitrogens with one attached hydrogen (secondary N) is 4. The van der Waals surface area contributed by atoms with Crippen molar-refractivity contribution in [3.63, 3.8) is 0 Å². The number of anilines is 1. The zero-order chi connectivity index (χ0) is 29.1. The summed E-state index contributed by atoms with van der Waals surface area (Å²) >= 11 is 0. The monoisotopic (exact) mass is 558 g/mol. The second-order valence-electron chi connectivity index (χ2n) is 10.7. The predicted octanol–water partition coefficient (Wildman–Crippen LogP) is 4.98. The number of aryl methyl sites for hydroxylation is 2. The van der Waals surface area contributed by atoms with Crippen molar-refractivity contribution in [3.05, 3.63) is 81.2 Å². The van der Waals surface area contributed by atoms with Crippen LogP contribution >= 0.6 is 0 Å². The number of carbonyl (C=O) groups excluding carboxylic acids is 3. The maximum Gasteiger partial charge on any atom is 0.318 e. The van der Waals surface area contributed by atoms with Gasteiger partial charge in [0, 0.05) is 60.7 Å². The number of pyridine rings is 1. The Morgan fingerprint density at radius 1 is 1.02 bits per heavy atom. The molecule has 0 spiro atoms. The van der Waals surface area contributed by atoms with Crippen molar-refractivity contribution < 1.29 is 18.8 Å². The lowest BCUT2D eigenvalue weighted by Crippen LogP contribution is -2.36. The van der Waals surface area contributed by atoms with Crippen LogP contribution in [-0.2, 0) is 17.9 Å². The highest BCUT2D eigenvalue weighted by Gasteiger charge is 2.26. The molecule has 2 aliphatic heterocycles. The average Bonchev–Trinajstić information content (AvgIpc) is 3.58. The molecule has 2 aromatic heterocycles. The number of hydrogen-bond donors (Lipinski definition) is 4. The van der Waals surface area contributed by atoms with Crippen molar-refractivity contribution in [2.45, 2.75) is 59.5 Å². The van der Waals surface area contributed by atoms with E-state index in [-0.39, 0.29) is 17.8 Å². The summed E-state index contributed by atoms with van der Waals surface area (Å²) in [6, 6.07) is 6.16. The number of amides is 4. The van der Waals surface area contributed by atoms with Gasteiger partial charge in [0.1, 0.15) is 5.82 Å². The summed E-state index contributed by atoms with van der Waals surface area (Å²) in [5.74, 6) is -0.902. The minimum absolute atomic E-state index is 0.0525. The number of fused-ring (bicyclic) bond motifs is 2. The van der Waals surface area contributed by atoms with Gasteiger partial charge in [0.15, 0.2) is 0 Å². The molecular formula is C31H35FN6O3. The van der Waals surface area contributed by atoms with Crippen molar-refractivity contribution in [2.75, 3.05) is 18.4 Å². The van der Waals surface area contributed by atoms with Gasteiger partial charge in [-0.15, -0.1) is 0 Å². The Kier molecular flexibility index (Phi) is 8.19. The first-order chi connectivity index (χ1) is 19.7. The van der Waals surface area contributed by atoms with E-state index < -0.39 is 5.82 Å². The van der Waals surface area contributed by atoms with Crippen molar-refractivity contribution >= 4 is 35.2 Å². The summed E-state index contributed by atoms with van der Waals surface area (Å²) in [4.78, 5) is 47.2. The predicted molar refractivity (Wildman–Crippen MR) is 156 cm³/mol. The fourth-order valence-electron chi connectivity index (χ4n) is 5.45. The topological polar surface area (TPSA) is 119 Å². The first-order valence-corrected chi connectivity index (χ1v) is 14.0. The fraction of sp³-hybridized carbons (Fsp3) is 0.355. The molecule has 0 fully saturated rings. The molecule has 0 bridgehead atoms. The van der Waals surface area contributed by atoms with Crippen LogP contribution in [0.25, 0.3) is 11.6 Å². The Balaban J connectivity index is 1.04. The van der Waals surface area contributed by atoms with E-state index in [1.165, 1.54) is 18.2 Å².